The van der Waals surface area contributed by atoms with Gasteiger partial charge < -0.3 is 5.73 Å². The van der Waals surface area contributed by atoms with Gasteiger partial charge in [-0.2, -0.15) is 69.9 Å². The molecule has 0 aromatic carbocycles. The Morgan fingerprint density at radius 2 is 0.912 bits per heavy atom. The minimum absolute atomic E-state index is 0.583. The molecule has 0 amide bonds. The minimum atomic E-state index is -8.78. The molecule has 0 saturated carbocycles. The fourth-order valence-corrected chi connectivity index (χ4v) is 2.00. The Labute approximate surface area is 177 Å². The van der Waals surface area contributed by atoms with E-state index in [1.165, 1.54) is 0 Å². The van der Waals surface area contributed by atoms with Crippen molar-refractivity contribution in [1.82, 2.24) is 0 Å². The smallest absolute Gasteiger partial charge is 0.327 e. The topological polar surface area (TPSA) is 80.4 Å². The summed E-state index contributed by atoms with van der Waals surface area (Å²) in [5.74, 6) is -58.3. The first kappa shape index (κ1) is 34.6. The van der Waals surface area contributed by atoms with Gasteiger partial charge in [-0.05, 0) is 0 Å². The van der Waals surface area contributed by atoms with E-state index < -0.39 is 63.5 Å². The number of rotatable bonds is 10. The summed E-state index contributed by atoms with van der Waals surface area (Å²) in [4.78, 5) is 0. The average molecular weight is 571 g/mol. The Balaban J connectivity index is 0. The van der Waals surface area contributed by atoms with Crippen molar-refractivity contribution in [3.05, 3.63) is 12.7 Å². The van der Waals surface area contributed by atoms with Crippen LogP contribution in [0.1, 0.15) is 0 Å². The molecule has 0 aliphatic rings. The van der Waals surface area contributed by atoms with Gasteiger partial charge in [0.1, 0.15) is 0 Å². The van der Waals surface area contributed by atoms with E-state index in [9.17, 15) is 83.1 Å². The van der Waals surface area contributed by atoms with Crippen molar-refractivity contribution in [1.29, 1.82) is 0 Å². The third-order valence-electron chi connectivity index (χ3n) is 3.40. The normalized spacial score (nSPS) is 16.1. The van der Waals surface area contributed by atoms with Crippen LogP contribution in [0.25, 0.3) is 0 Å². The van der Waals surface area contributed by atoms with Crippen molar-refractivity contribution in [2.45, 2.75) is 53.4 Å². The van der Waals surface area contributed by atoms with Crippen LogP contribution < -0.4 is 5.73 Å². The lowest BCUT2D eigenvalue weighted by Crippen LogP contribution is -2.74. The molecular formula is C12H10F17NO3S. The first-order chi connectivity index (χ1) is 14.5. The summed E-state index contributed by atoms with van der Waals surface area (Å²) < 4.78 is 246. The second-order valence-electron chi connectivity index (χ2n) is 5.77. The van der Waals surface area contributed by atoms with E-state index >= 15 is 0 Å². The lowest BCUT2D eigenvalue weighted by molar-refractivity contribution is -0.448. The zero-order chi connectivity index (χ0) is 28.6. The fourth-order valence-electron chi connectivity index (χ4n) is 1.48. The number of alkyl halides is 17. The minimum Gasteiger partial charge on any atom is -0.327 e. The predicted octanol–water partition coefficient (Wildman–Crippen LogP) is 5.01. The number of hydrogen-bond acceptors (Lipinski definition) is 3. The molecular weight excluding hydrogens is 561 g/mol. The van der Waals surface area contributed by atoms with Crippen molar-refractivity contribution in [2.24, 2.45) is 5.73 Å². The Morgan fingerprint density at radius 3 is 1.12 bits per heavy atom. The molecule has 0 bridgehead atoms. The van der Waals surface area contributed by atoms with Crippen LogP contribution in [0.2, 0.25) is 0 Å². The second-order valence-corrected chi connectivity index (χ2v) is 7.22. The zero-order valence-electron chi connectivity index (χ0n) is 15.3. The first-order valence-corrected chi connectivity index (χ1v) is 8.86. The van der Waals surface area contributed by atoms with Crippen LogP contribution in [-0.2, 0) is 10.1 Å². The highest BCUT2D eigenvalue weighted by atomic mass is 32.2. The van der Waals surface area contributed by atoms with Gasteiger partial charge in [-0.1, -0.05) is 6.08 Å². The van der Waals surface area contributed by atoms with Crippen LogP contribution in [-0.4, -0.2) is 72.9 Å². The van der Waals surface area contributed by atoms with Gasteiger partial charge in [-0.15, -0.1) is 6.58 Å². The molecule has 22 heteroatoms. The molecule has 0 radical (unpaired) electrons. The largest absolute Gasteiger partial charge is 0.385 e. The highest BCUT2D eigenvalue weighted by molar-refractivity contribution is 7.86. The van der Waals surface area contributed by atoms with Crippen LogP contribution in [0.3, 0.4) is 0 Å². The molecule has 34 heavy (non-hydrogen) atoms. The molecule has 0 fully saturated rings. The summed E-state index contributed by atoms with van der Waals surface area (Å²) in [6, 6.07) is 0. The molecule has 0 aliphatic heterocycles. The van der Waals surface area contributed by atoms with E-state index in [-0.39, 0.29) is 0 Å². The molecule has 0 aliphatic carbocycles. The van der Waals surface area contributed by atoms with Crippen molar-refractivity contribution in [3.63, 3.8) is 0 Å². The quantitative estimate of drug-likeness (QED) is 0.220. The molecule has 0 heterocycles. The van der Waals surface area contributed by atoms with Gasteiger partial charge in [0.2, 0.25) is 0 Å². The zero-order valence-corrected chi connectivity index (χ0v) is 16.1. The third kappa shape index (κ3) is 5.16. The van der Waals surface area contributed by atoms with Crippen LogP contribution in [0.4, 0.5) is 74.6 Å². The molecule has 1 unspecified atom stereocenters. The van der Waals surface area contributed by atoms with Crippen molar-refractivity contribution >= 4 is 10.1 Å². The van der Waals surface area contributed by atoms with Crippen molar-refractivity contribution < 1.29 is 87.6 Å². The van der Waals surface area contributed by atoms with Crippen LogP contribution >= 0.6 is 0 Å². The average Bonchev–Trinajstić information content (AvgIpc) is 2.65. The lowest BCUT2D eigenvalue weighted by Gasteiger charge is -2.42. The van der Waals surface area contributed by atoms with Crippen molar-refractivity contribution in [3.8, 4) is 0 Å². The van der Waals surface area contributed by atoms with E-state index in [1.54, 1.807) is 6.08 Å². The SMILES string of the molecule is C=CCN.O=S(=O)(O)C(F)C(F)(F)C(F)(F)C(F)(F)C(F)(F)C(F)(F)C(F)(F)C(F)(F)C(F)F. The van der Waals surface area contributed by atoms with Crippen LogP contribution in [0, 0.1) is 0 Å². The van der Waals surface area contributed by atoms with Crippen LogP contribution in [0.5, 0.6) is 0 Å². The van der Waals surface area contributed by atoms with Gasteiger partial charge >= 0.3 is 58.0 Å². The number of hydrogen-bond donors (Lipinski definition) is 2. The van der Waals surface area contributed by atoms with Gasteiger partial charge in [0.05, 0.1) is 0 Å². The van der Waals surface area contributed by atoms with Crippen molar-refractivity contribution in [2.75, 3.05) is 6.54 Å². The fraction of sp³-hybridized carbons (Fsp3) is 0.833. The maximum absolute atomic E-state index is 13.2. The summed E-state index contributed by atoms with van der Waals surface area (Å²) in [6.45, 7) is 3.94. The highest BCUT2D eigenvalue weighted by Crippen LogP contribution is 2.63. The van der Waals surface area contributed by atoms with E-state index in [2.05, 4.69) is 6.58 Å². The Bertz CT molecular complexity index is 811. The molecule has 0 spiro atoms. The predicted molar refractivity (Wildman–Crippen MR) is 76.3 cm³/mol. The summed E-state index contributed by atoms with van der Waals surface area (Å²) >= 11 is 0. The van der Waals surface area contributed by atoms with Gasteiger partial charge in [0.15, 0.2) is 0 Å². The molecule has 0 aromatic heterocycles. The molecule has 206 valence electrons. The molecule has 0 aromatic rings. The second kappa shape index (κ2) is 9.82. The molecule has 3 N–H and O–H groups in total. The molecule has 1 atom stereocenters. The van der Waals surface area contributed by atoms with Gasteiger partial charge in [0.25, 0.3) is 5.50 Å². The summed E-state index contributed by atoms with van der Waals surface area (Å²) in [5, 5.41) is 0. The molecule has 0 saturated heterocycles. The Morgan fingerprint density at radius 1 is 0.676 bits per heavy atom. The Kier molecular flexibility index (Phi) is 9.99. The first-order valence-electron chi connectivity index (χ1n) is 7.35. The van der Waals surface area contributed by atoms with Crippen LogP contribution in [0.15, 0.2) is 12.7 Å². The maximum Gasteiger partial charge on any atom is 0.385 e. The summed E-state index contributed by atoms with van der Waals surface area (Å²) in [5.41, 5.74) is -1.05. The van der Waals surface area contributed by atoms with E-state index in [4.69, 9.17) is 10.3 Å². The van der Waals surface area contributed by atoms with E-state index in [1.807, 2.05) is 0 Å². The van der Waals surface area contributed by atoms with Gasteiger partial charge in [-0.25, -0.2) is 13.2 Å². The van der Waals surface area contributed by atoms with Gasteiger partial charge in [0, 0.05) is 6.54 Å². The maximum atomic E-state index is 13.2. The lowest BCUT2D eigenvalue weighted by atomic mass is 9.89. The highest BCUT2D eigenvalue weighted by Gasteiger charge is 2.94. The molecule has 0 rings (SSSR count). The third-order valence-corrected chi connectivity index (χ3v) is 4.22. The number of nitrogens with two attached hydrogens (primary N) is 1. The monoisotopic (exact) mass is 571 g/mol. The van der Waals surface area contributed by atoms with E-state index in [0.29, 0.717) is 6.54 Å². The summed E-state index contributed by atoms with van der Waals surface area (Å²) in [7, 11) is -7.18. The van der Waals surface area contributed by atoms with Gasteiger partial charge in [-0.3, -0.25) is 4.55 Å². The molecule has 4 nitrogen and oxygen atoms in total. The number of halogens is 17. The summed E-state index contributed by atoms with van der Waals surface area (Å²) in [6.07, 6.45) is -4.36. The standard InChI is InChI=1S/C9H3F17O3S.C3H7N/c10-1(11)3(13,14)5(17,18)7(21,22)9(25,26)8(23,24)6(19,20)4(15,16)2(12)30(27,28)29;1-2-3-4/h1-2H,(H,27,28,29);2H,1,3-4H2. The Hall–Kier alpha value is -1.58. The van der Waals surface area contributed by atoms with E-state index in [0.717, 1.165) is 0 Å².